The van der Waals surface area contributed by atoms with Crippen molar-refractivity contribution in [3.63, 3.8) is 0 Å². The average Bonchev–Trinajstić information content (AvgIpc) is 2.53. The Kier molecular flexibility index (Phi) is 5.58. The molecule has 5 heteroatoms. The zero-order valence-corrected chi connectivity index (χ0v) is 12.4. The van der Waals surface area contributed by atoms with E-state index in [1.807, 2.05) is 6.92 Å². The summed E-state index contributed by atoms with van der Waals surface area (Å²) >= 11 is 0. The lowest BCUT2D eigenvalue weighted by Crippen LogP contribution is -2.32. The van der Waals surface area contributed by atoms with Gasteiger partial charge in [0.25, 0.3) is 5.91 Å². The number of unbranched alkanes of at least 4 members (excludes halogenated alkanes) is 1. The van der Waals surface area contributed by atoms with E-state index in [-0.39, 0.29) is 17.9 Å². The monoisotopic (exact) mass is 304 g/mol. The molecule has 0 saturated carbocycles. The summed E-state index contributed by atoms with van der Waals surface area (Å²) in [7, 11) is 0. The Balaban J connectivity index is 2.24. The first kappa shape index (κ1) is 16.1. The molecule has 22 heavy (non-hydrogen) atoms. The van der Waals surface area contributed by atoms with E-state index in [1.165, 1.54) is 29.3 Å². The Morgan fingerprint density at radius 3 is 2.64 bits per heavy atom. The van der Waals surface area contributed by atoms with Crippen LogP contribution in [-0.4, -0.2) is 22.3 Å². The molecule has 0 fully saturated rings. The van der Waals surface area contributed by atoms with Gasteiger partial charge in [0.15, 0.2) is 0 Å². The zero-order valence-electron chi connectivity index (χ0n) is 12.4. The van der Waals surface area contributed by atoms with Gasteiger partial charge in [-0.3, -0.25) is 4.79 Å². The maximum atomic E-state index is 13.8. The highest BCUT2D eigenvalue weighted by atomic mass is 19.1. The largest absolute Gasteiger partial charge is 0.334 e. The number of rotatable bonds is 6. The van der Waals surface area contributed by atoms with Crippen LogP contribution in [0.25, 0.3) is 0 Å². The van der Waals surface area contributed by atoms with Crippen LogP contribution in [0.3, 0.4) is 0 Å². The molecule has 0 radical (unpaired) electrons. The van der Waals surface area contributed by atoms with Gasteiger partial charge in [0.1, 0.15) is 5.82 Å². The van der Waals surface area contributed by atoms with Gasteiger partial charge in [-0.1, -0.05) is 31.5 Å². The fourth-order valence-electron chi connectivity index (χ4n) is 2.15. The first-order chi connectivity index (χ1) is 10.6. The van der Waals surface area contributed by atoms with E-state index < -0.39 is 11.9 Å². The number of pyridine rings is 1. The van der Waals surface area contributed by atoms with Crippen LogP contribution < -0.4 is 0 Å². The van der Waals surface area contributed by atoms with Crippen LogP contribution in [0.15, 0.2) is 42.6 Å². The fraction of sp³-hybridized carbons (Fsp3) is 0.294. The number of hydrogen-bond donors (Lipinski definition) is 0. The number of nitrogens with zero attached hydrogens (tertiary/aromatic N) is 2. The minimum Gasteiger partial charge on any atom is -0.334 e. The van der Waals surface area contributed by atoms with E-state index >= 15 is 0 Å². The second-order valence-electron chi connectivity index (χ2n) is 5.01. The van der Waals surface area contributed by atoms with Gasteiger partial charge in [-0.25, -0.2) is 9.37 Å². The standard InChI is InChI=1S/C17H18F2N2O/c1-2-3-11-21(12-13-7-4-5-9-15(13)18)17(22)14-8-6-10-20-16(14)19/h4-10H,2-3,11-12H2,1H3. The van der Waals surface area contributed by atoms with E-state index in [0.29, 0.717) is 12.1 Å². The molecule has 1 heterocycles. The van der Waals surface area contributed by atoms with E-state index in [9.17, 15) is 13.6 Å². The Morgan fingerprint density at radius 2 is 1.95 bits per heavy atom. The lowest BCUT2D eigenvalue weighted by atomic mass is 10.1. The lowest BCUT2D eigenvalue weighted by molar-refractivity contribution is 0.0733. The third-order valence-corrected chi connectivity index (χ3v) is 3.38. The molecule has 2 aromatic rings. The maximum absolute atomic E-state index is 13.8. The van der Waals surface area contributed by atoms with Crippen molar-refractivity contribution in [1.82, 2.24) is 9.88 Å². The van der Waals surface area contributed by atoms with Crippen molar-refractivity contribution in [3.05, 3.63) is 65.5 Å². The summed E-state index contributed by atoms with van der Waals surface area (Å²) in [4.78, 5) is 17.5. The number of aromatic nitrogens is 1. The minimum absolute atomic E-state index is 0.0880. The Labute approximate surface area is 128 Å². The molecular weight excluding hydrogens is 286 g/mol. The van der Waals surface area contributed by atoms with Gasteiger partial charge >= 0.3 is 0 Å². The number of amides is 1. The molecule has 0 aliphatic rings. The molecule has 0 aliphatic heterocycles. The highest BCUT2D eigenvalue weighted by molar-refractivity contribution is 5.94. The number of halogens is 2. The SMILES string of the molecule is CCCCN(Cc1ccccc1F)C(=O)c1cccnc1F. The van der Waals surface area contributed by atoms with Crippen LogP contribution >= 0.6 is 0 Å². The van der Waals surface area contributed by atoms with E-state index in [2.05, 4.69) is 4.98 Å². The number of benzene rings is 1. The van der Waals surface area contributed by atoms with Crippen LogP contribution in [0.5, 0.6) is 0 Å². The molecule has 0 saturated heterocycles. The van der Waals surface area contributed by atoms with Gasteiger partial charge in [-0.05, 0) is 24.6 Å². The van der Waals surface area contributed by atoms with Crippen molar-refractivity contribution in [2.75, 3.05) is 6.54 Å². The van der Waals surface area contributed by atoms with Gasteiger partial charge < -0.3 is 4.90 Å². The van der Waals surface area contributed by atoms with Crippen molar-refractivity contribution >= 4 is 5.91 Å². The van der Waals surface area contributed by atoms with Gasteiger partial charge in [0.2, 0.25) is 5.95 Å². The molecule has 116 valence electrons. The number of carbonyl (C=O) groups excluding carboxylic acids is 1. The molecule has 3 nitrogen and oxygen atoms in total. The Morgan fingerprint density at radius 1 is 1.18 bits per heavy atom. The third-order valence-electron chi connectivity index (χ3n) is 3.38. The molecule has 1 amide bonds. The van der Waals surface area contributed by atoms with Gasteiger partial charge in [-0.15, -0.1) is 0 Å². The van der Waals surface area contributed by atoms with Crippen LogP contribution in [-0.2, 0) is 6.54 Å². The van der Waals surface area contributed by atoms with Crippen molar-refractivity contribution in [2.24, 2.45) is 0 Å². The molecule has 2 rings (SSSR count). The number of carbonyl (C=O) groups is 1. The molecule has 0 aliphatic carbocycles. The summed E-state index contributed by atoms with van der Waals surface area (Å²) in [6.45, 7) is 2.55. The summed E-state index contributed by atoms with van der Waals surface area (Å²) in [5, 5.41) is 0. The smallest absolute Gasteiger partial charge is 0.258 e. The molecule has 1 aromatic heterocycles. The summed E-state index contributed by atoms with van der Waals surface area (Å²) in [6.07, 6.45) is 2.94. The van der Waals surface area contributed by atoms with Crippen molar-refractivity contribution in [1.29, 1.82) is 0 Å². The highest BCUT2D eigenvalue weighted by Gasteiger charge is 2.20. The molecule has 1 aromatic carbocycles. The van der Waals surface area contributed by atoms with Crippen LogP contribution in [0.2, 0.25) is 0 Å². The van der Waals surface area contributed by atoms with Gasteiger partial charge in [0.05, 0.1) is 5.56 Å². The molecule has 0 bridgehead atoms. The van der Waals surface area contributed by atoms with E-state index in [0.717, 1.165) is 12.8 Å². The topological polar surface area (TPSA) is 33.2 Å². The number of hydrogen-bond acceptors (Lipinski definition) is 2. The first-order valence-electron chi connectivity index (χ1n) is 7.26. The Bertz CT molecular complexity index is 646. The summed E-state index contributed by atoms with van der Waals surface area (Å²) in [5.74, 6) is -1.65. The summed E-state index contributed by atoms with van der Waals surface area (Å²) < 4.78 is 27.5. The van der Waals surface area contributed by atoms with Crippen LogP contribution in [0, 0.1) is 11.8 Å². The van der Waals surface area contributed by atoms with E-state index in [4.69, 9.17) is 0 Å². The quantitative estimate of drug-likeness (QED) is 0.760. The molecule has 0 unspecified atom stereocenters. The fourth-order valence-corrected chi connectivity index (χ4v) is 2.15. The minimum atomic E-state index is -0.803. The molecule has 0 N–H and O–H groups in total. The lowest BCUT2D eigenvalue weighted by Gasteiger charge is -2.23. The predicted molar refractivity (Wildman–Crippen MR) is 80.2 cm³/mol. The predicted octanol–water partition coefficient (Wildman–Crippen LogP) is 3.80. The molecular formula is C17H18F2N2O. The average molecular weight is 304 g/mol. The first-order valence-corrected chi connectivity index (χ1v) is 7.26. The maximum Gasteiger partial charge on any atom is 0.258 e. The van der Waals surface area contributed by atoms with E-state index in [1.54, 1.807) is 18.2 Å². The second-order valence-corrected chi connectivity index (χ2v) is 5.01. The third kappa shape index (κ3) is 3.87. The zero-order chi connectivity index (χ0) is 15.9. The molecule has 0 atom stereocenters. The highest BCUT2D eigenvalue weighted by Crippen LogP contribution is 2.15. The van der Waals surface area contributed by atoms with Crippen molar-refractivity contribution < 1.29 is 13.6 Å². The molecule has 0 spiro atoms. The van der Waals surface area contributed by atoms with Crippen LogP contribution in [0.1, 0.15) is 35.7 Å². The summed E-state index contributed by atoms with van der Waals surface area (Å²) in [6, 6.07) is 9.19. The Hall–Kier alpha value is -2.30. The second kappa shape index (κ2) is 7.64. The summed E-state index contributed by atoms with van der Waals surface area (Å²) in [5.41, 5.74) is 0.325. The van der Waals surface area contributed by atoms with Gasteiger partial charge in [-0.2, -0.15) is 4.39 Å². The normalized spacial score (nSPS) is 10.5. The van der Waals surface area contributed by atoms with Gasteiger partial charge in [0, 0.05) is 24.8 Å². The van der Waals surface area contributed by atoms with Crippen LogP contribution in [0.4, 0.5) is 8.78 Å². The van der Waals surface area contributed by atoms with Crippen molar-refractivity contribution in [3.8, 4) is 0 Å². The van der Waals surface area contributed by atoms with Crippen molar-refractivity contribution in [2.45, 2.75) is 26.3 Å².